The molecular weight excluding hydrogens is 372 g/mol. The second-order valence-corrected chi connectivity index (χ2v) is 8.15. The van der Waals surface area contributed by atoms with Gasteiger partial charge < -0.3 is 4.90 Å². The molecule has 0 N–H and O–H groups in total. The van der Waals surface area contributed by atoms with E-state index >= 15 is 0 Å². The first-order chi connectivity index (χ1) is 14.8. The Morgan fingerprint density at radius 2 is 1.43 bits per heavy atom. The lowest BCUT2D eigenvalue weighted by Crippen LogP contribution is -2.50. The van der Waals surface area contributed by atoms with Crippen LogP contribution in [-0.2, 0) is 0 Å². The Hall–Kier alpha value is -3.05. The maximum Gasteiger partial charge on any atom is 0.272 e. The molecular formula is C25H26N4O. The van der Waals surface area contributed by atoms with Gasteiger partial charge in [-0.15, -0.1) is 0 Å². The monoisotopic (exact) mass is 398 g/mol. The summed E-state index contributed by atoms with van der Waals surface area (Å²) in [6.45, 7) is 3.08. The molecule has 0 unspecified atom stereocenters. The van der Waals surface area contributed by atoms with E-state index in [-0.39, 0.29) is 11.9 Å². The van der Waals surface area contributed by atoms with Gasteiger partial charge in [0.05, 0.1) is 6.04 Å². The summed E-state index contributed by atoms with van der Waals surface area (Å²) in [5, 5.41) is 0. The third-order valence-electron chi connectivity index (χ3n) is 6.10. The third-order valence-corrected chi connectivity index (χ3v) is 6.10. The summed E-state index contributed by atoms with van der Waals surface area (Å²) in [7, 11) is 0. The molecule has 152 valence electrons. The van der Waals surface area contributed by atoms with Crippen LogP contribution in [0, 0.1) is 0 Å². The zero-order valence-corrected chi connectivity index (χ0v) is 17.0. The molecule has 2 heterocycles. The van der Waals surface area contributed by atoms with Crippen LogP contribution in [0.15, 0.2) is 73.1 Å². The Kier molecular flexibility index (Phi) is 5.28. The van der Waals surface area contributed by atoms with E-state index in [4.69, 9.17) is 0 Å². The molecule has 1 amide bonds. The van der Waals surface area contributed by atoms with Crippen LogP contribution in [0.1, 0.15) is 52.1 Å². The lowest BCUT2D eigenvalue weighted by Gasteiger charge is -2.39. The van der Waals surface area contributed by atoms with Crippen LogP contribution in [0.5, 0.6) is 0 Å². The van der Waals surface area contributed by atoms with Gasteiger partial charge in [-0.05, 0) is 30.0 Å². The topological polar surface area (TPSA) is 49.3 Å². The number of carbonyl (C=O) groups excluding carboxylic acids is 1. The highest BCUT2D eigenvalue weighted by Gasteiger charge is 2.30. The highest BCUT2D eigenvalue weighted by molar-refractivity contribution is 5.92. The molecule has 1 aliphatic carbocycles. The highest BCUT2D eigenvalue weighted by Crippen LogP contribution is 2.38. The molecule has 1 saturated heterocycles. The summed E-state index contributed by atoms with van der Waals surface area (Å²) in [5.74, 6) is 0.545. The van der Waals surface area contributed by atoms with Crippen LogP contribution in [0.25, 0.3) is 0 Å². The first-order valence-corrected chi connectivity index (χ1v) is 10.7. The molecule has 1 aliphatic heterocycles. The Bertz CT molecular complexity index is 956. The molecule has 30 heavy (non-hydrogen) atoms. The molecule has 5 rings (SSSR count). The van der Waals surface area contributed by atoms with Crippen LogP contribution >= 0.6 is 0 Å². The fraction of sp³-hybridized carbons (Fsp3) is 0.320. The van der Waals surface area contributed by atoms with E-state index in [9.17, 15) is 4.79 Å². The van der Waals surface area contributed by atoms with Crippen LogP contribution in [0.3, 0.4) is 0 Å². The fourth-order valence-electron chi connectivity index (χ4n) is 4.32. The van der Waals surface area contributed by atoms with Gasteiger partial charge in [0, 0.05) is 37.8 Å². The van der Waals surface area contributed by atoms with Crippen molar-refractivity contribution in [2.75, 3.05) is 26.2 Å². The van der Waals surface area contributed by atoms with Crippen molar-refractivity contribution >= 4 is 5.91 Å². The molecule has 5 nitrogen and oxygen atoms in total. The average molecular weight is 399 g/mol. The molecule has 1 aromatic heterocycles. The van der Waals surface area contributed by atoms with Gasteiger partial charge in [-0.25, -0.2) is 9.97 Å². The van der Waals surface area contributed by atoms with Crippen molar-refractivity contribution in [1.29, 1.82) is 0 Å². The summed E-state index contributed by atoms with van der Waals surface area (Å²) in [6.07, 6.45) is 3.88. The second kappa shape index (κ2) is 8.36. The van der Waals surface area contributed by atoms with E-state index in [2.05, 4.69) is 75.5 Å². The number of nitrogens with zero attached hydrogens (tertiary/aromatic N) is 4. The predicted octanol–water partition coefficient (Wildman–Crippen LogP) is 3.90. The first-order valence-electron chi connectivity index (χ1n) is 10.7. The Morgan fingerprint density at radius 1 is 0.833 bits per heavy atom. The summed E-state index contributed by atoms with van der Waals surface area (Å²) >= 11 is 0. The van der Waals surface area contributed by atoms with Gasteiger partial charge in [-0.3, -0.25) is 9.69 Å². The summed E-state index contributed by atoms with van der Waals surface area (Å²) in [5.41, 5.74) is 4.12. The zero-order chi connectivity index (χ0) is 20.3. The van der Waals surface area contributed by atoms with Gasteiger partial charge >= 0.3 is 0 Å². The number of amides is 1. The third kappa shape index (κ3) is 3.98. The van der Waals surface area contributed by atoms with Gasteiger partial charge in [0.15, 0.2) is 0 Å². The molecule has 0 spiro atoms. The molecule has 2 aromatic carbocycles. The van der Waals surface area contributed by atoms with E-state index in [0.717, 1.165) is 18.8 Å². The van der Waals surface area contributed by atoms with Gasteiger partial charge in [0.25, 0.3) is 5.91 Å². The van der Waals surface area contributed by atoms with Crippen LogP contribution < -0.4 is 0 Å². The number of hydrogen-bond donors (Lipinski definition) is 0. The van der Waals surface area contributed by atoms with Crippen molar-refractivity contribution in [2.45, 2.75) is 24.8 Å². The average Bonchev–Trinajstić information content (AvgIpc) is 3.67. The molecule has 2 fully saturated rings. The second-order valence-electron chi connectivity index (χ2n) is 8.15. The fourth-order valence-corrected chi connectivity index (χ4v) is 4.32. The van der Waals surface area contributed by atoms with Crippen molar-refractivity contribution in [1.82, 2.24) is 19.8 Å². The number of rotatable bonds is 5. The van der Waals surface area contributed by atoms with Crippen molar-refractivity contribution in [3.8, 4) is 0 Å². The van der Waals surface area contributed by atoms with Gasteiger partial charge in [0.1, 0.15) is 12.0 Å². The minimum absolute atomic E-state index is 0.0231. The van der Waals surface area contributed by atoms with Crippen molar-refractivity contribution in [2.24, 2.45) is 0 Å². The summed E-state index contributed by atoms with van der Waals surface area (Å²) in [4.78, 5) is 26.0. The van der Waals surface area contributed by atoms with Crippen LogP contribution in [0.4, 0.5) is 0 Å². The predicted molar refractivity (Wildman–Crippen MR) is 116 cm³/mol. The summed E-state index contributed by atoms with van der Waals surface area (Å²) in [6, 6.07) is 23.3. The zero-order valence-electron chi connectivity index (χ0n) is 17.0. The van der Waals surface area contributed by atoms with Crippen LogP contribution in [0.2, 0.25) is 0 Å². The maximum atomic E-state index is 13.0. The number of piperazine rings is 1. The number of benzene rings is 2. The van der Waals surface area contributed by atoms with E-state index in [1.165, 1.54) is 30.3 Å². The number of aromatic nitrogens is 2. The largest absolute Gasteiger partial charge is 0.335 e. The van der Waals surface area contributed by atoms with E-state index < -0.39 is 0 Å². The van der Waals surface area contributed by atoms with Crippen molar-refractivity contribution in [3.63, 3.8) is 0 Å². The van der Waals surface area contributed by atoms with Crippen LogP contribution in [-0.4, -0.2) is 51.9 Å². The minimum atomic E-state index is 0.0231. The number of carbonyl (C=O) groups is 1. The first kappa shape index (κ1) is 18.9. The smallest absolute Gasteiger partial charge is 0.272 e. The Labute approximate surface area is 177 Å². The van der Waals surface area contributed by atoms with E-state index in [0.29, 0.717) is 24.7 Å². The number of hydrogen-bond acceptors (Lipinski definition) is 4. The SMILES string of the molecule is O=C(c1cc(C2CC2)ncn1)N1CCN(C(c2ccccc2)c2ccccc2)CC1. The summed E-state index contributed by atoms with van der Waals surface area (Å²) < 4.78 is 0. The van der Waals surface area contributed by atoms with Gasteiger partial charge in [-0.2, -0.15) is 0 Å². The molecule has 1 saturated carbocycles. The lowest BCUT2D eigenvalue weighted by atomic mass is 9.96. The highest BCUT2D eigenvalue weighted by atomic mass is 16.2. The lowest BCUT2D eigenvalue weighted by molar-refractivity contribution is 0.0591. The Balaban J connectivity index is 1.31. The van der Waals surface area contributed by atoms with Crippen molar-refractivity contribution < 1.29 is 4.79 Å². The standard InChI is InChI=1S/C25H26N4O/c30-25(23-17-22(19-11-12-19)26-18-27-23)29-15-13-28(14-16-29)24(20-7-3-1-4-8-20)21-9-5-2-6-10-21/h1-10,17-19,24H,11-16H2. The molecule has 2 aliphatic rings. The van der Waals surface area contributed by atoms with Gasteiger partial charge in [0.2, 0.25) is 0 Å². The van der Waals surface area contributed by atoms with E-state index in [1.807, 2.05) is 11.0 Å². The van der Waals surface area contributed by atoms with Crippen molar-refractivity contribution in [3.05, 3.63) is 95.6 Å². The quantitative estimate of drug-likeness (QED) is 0.654. The molecule has 5 heteroatoms. The molecule has 0 bridgehead atoms. The Morgan fingerprint density at radius 3 is 2.00 bits per heavy atom. The molecule has 0 radical (unpaired) electrons. The van der Waals surface area contributed by atoms with Gasteiger partial charge in [-0.1, -0.05) is 60.7 Å². The van der Waals surface area contributed by atoms with E-state index in [1.54, 1.807) is 0 Å². The molecule has 3 aromatic rings. The minimum Gasteiger partial charge on any atom is -0.335 e. The molecule has 0 atom stereocenters. The normalized spacial score (nSPS) is 17.3. The maximum absolute atomic E-state index is 13.0.